The van der Waals surface area contributed by atoms with Crippen LogP contribution >= 0.6 is 23.1 Å². The van der Waals surface area contributed by atoms with E-state index in [4.69, 9.17) is 16.3 Å². The molecule has 2 aliphatic rings. The van der Waals surface area contributed by atoms with Gasteiger partial charge in [-0.25, -0.2) is 8.35 Å². The van der Waals surface area contributed by atoms with Crippen molar-refractivity contribution in [1.82, 2.24) is 3.96 Å². The van der Waals surface area contributed by atoms with Crippen LogP contribution in [0.5, 0.6) is 5.75 Å². The lowest BCUT2D eigenvalue weighted by Crippen LogP contribution is -2.18. The van der Waals surface area contributed by atoms with E-state index in [9.17, 15) is 9.18 Å². The second kappa shape index (κ2) is 6.52. The van der Waals surface area contributed by atoms with Crippen LogP contribution in [-0.4, -0.2) is 10.1 Å². The quantitative estimate of drug-likeness (QED) is 0.773. The molecule has 4 rings (SSSR count). The molecule has 1 heterocycles. The normalized spacial score (nSPS) is 17.9. The van der Waals surface area contributed by atoms with Crippen molar-refractivity contribution in [2.24, 2.45) is 0 Å². The van der Waals surface area contributed by atoms with Crippen LogP contribution < -0.4 is 10.3 Å². The summed E-state index contributed by atoms with van der Waals surface area (Å²) in [4.78, 5) is 13.7. The summed E-state index contributed by atoms with van der Waals surface area (Å²) in [5, 5.41) is 0.262. The molecular formula is C18H19ClFNO2S. The first-order valence-corrected chi connectivity index (χ1v) is 9.69. The molecule has 128 valence electrons. The monoisotopic (exact) mass is 367 g/mol. The maximum atomic E-state index is 14.5. The van der Waals surface area contributed by atoms with E-state index in [1.165, 1.54) is 21.6 Å². The van der Waals surface area contributed by atoms with Gasteiger partial charge in [0, 0.05) is 16.5 Å². The van der Waals surface area contributed by atoms with Crippen molar-refractivity contribution in [2.75, 3.05) is 0 Å². The predicted molar refractivity (Wildman–Crippen MR) is 94.4 cm³/mol. The van der Waals surface area contributed by atoms with Crippen molar-refractivity contribution >= 4 is 23.1 Å². The second-order valence-corrected chi connectivity index (χ2v) is 8.01. The molecule has 1 fully saturated rings. The number of ether oxygens (including phenoxy) is 1. The van der Waals surface area contributed by atoms with Crippen molar-refractivity contribution in [3.63, 3.8) is 0 Å². The molecule has 0 spiro atoms. The summed E-state index contributed by atoms with van der Waals surface area (Å²) in [6, 6.07) is 2.84. The zero-order chi connectivity index (χ0) is 16.7. The van der Waals surface area contributed by atoms with Gasteiger partial charge in [0.1, 0.15) is 11.6 Å². The van der Waals surface area contributed by atoms with Gasteiger partial charge in [0.15, 0.2) is 0 Å². The number of halogens is 2. The minimum atomic E-state index is -0.487. The largest absolute Gasteiger partial charge is 0.489 e. The van der Waals surface area contributed by atoms with Crippen LogP contribution in [0.15, 0.2) is 16.9 Å². The SMILES string of the molecule is O=c1c2c(sn1-c1cc(OC3CCCC3)c(Cl)cc1F)CCCC2. The highest BCUT2D eigenvalue weighted by Crippen LogP contribution is 2.34. The molecule has 0 radical (unpaired) electrons. The van der Waals surface area contributed by atoms with Crippen molar-refractivity contribution in [3.8, 4) is 11.4 Å². The van der Waals surface area contributed by atoms with Crippen molar-refractivity contribution in [3.05, 3.63) is 43.8 Å². The Morgan fingerprint density at radius 3 is 2.67 bits per heavy atom. The van der Waals surface area contributed by atoms with Crippen molar-refractivity contribution < 1.29 is 9.13 Å². The van der Waals surface area contributed by atoms with E-state index in [1.807, 2.05) is 0 Å². The van der Waals surface area contributed by atoms with Gasteiger partial charge in [-0.05, 0) is 57.4 Å². The van der Waals surface area contributed by atoms with Crippen LogP contribution in [0, 0.1) is 5.82 Å². The molecule has 0 saturated heterocycles. The molecular weight excluding hydrogens is 349 g/mol. The van der Waals surface area contributed by atoms with Crippen molar-refractivity contribution in [2.45, 2.75) is 57.5 Å². The van der Waals surface area contributed by atoms with Crippen LogP contribution in [0.4, 0.5) is 4.39 Å². The minimum Gasteiger partial charge on any atom is -0.489 e. The molecule has 1 aromatic heterocycles. The summed E-state index contributed by atoms with van der Waals surface area (Å²) < 4.78 is 21.9. The molecule has 0 unspecified atom stereocenters. The molecule has 1 aromatic carbocycles. The Bertz CT molecular complexity index is 823. The van der Waals surface area contributed by atoms with Gasteiger partial charge in [-0.15, -0.1) is 0 Å². The Hall–Kier alpha value is -1.33. The Morgan fingerprint density at radius 2 is 1.92 bits per heavy atom. The standard InChI is InChI=1S/C18H19ClFNO2S/c19-13-9-14(20)15(10-16(13)23-11-5-1-2-6-11)21-18(22)12-7-3-4-8-17(12)24-21/h9-11H,1-8H2. The third-order valence-corrected chi connectivity index (χ3v) is 6.39. The first kappa shape index (κ1) is 16.2. The van der Waals surface area contributed by atoms with Crippen LogP contribution in [0.3, 0.4) is 0 Å². The summed E-state index contributed by atoms with van der Waals surface area (Å²) in [5.41, 5.74) is 0.999. The lowest BCUT2D eigenvalue weighted by Gasteiger charge is -2.15. The fraction of sp³-hybridized carbons (Fsp3) is 0.500. The molecule has 0 aliphatic heterocycles. The average molecular weight is 368 g/mol. The van der Waals surface area contributed by atoms with Gasteiger partial charge in [-0.3, -0.25) is 4.79 Å². The molecule has 24 heavy (non-hydrogen) atoms. The summed E-state index contributed by atoms with van der Waals surface area (Å²) in [6.07, 6.45) is 8.23. The Kier molecular flexibility index (Phi) is 4.39. The number of nitrogens with zero attached hydrogens (tertiary/aromatic N) is 1. The van der Waals surface area contributed by atoms with Gasteiger partial charge in [-0.1, -0.05) is 23.1 Å². The summed E-state index contributed by atoms with van der Waals surface area (Å²) in [6.45, 7) is 0. The van der Waals surface area contributed by atoms with E-state index >= 15 is 0 Å². The zero-order valence-electron chi connectivity index (χ0n) is 13.3. The predicted octanol–water partition coefficient (Wildman–Crippen LogP) is 4.89. The van der Waals surface area contributed by atoms with E-state index in [0.29, 0.717) is 5.75 Å². The lowest BCUT2D eigenvalue weighted by atomic mass is 10.00. The van der Waals surface area contributed by atoms with E-state index in [1.54, 1.807) is 6.07 Å². The Morgan fingerprint density at radius 1 is 1.17 bits per heavy atom. The van der Waals surface area contributed by atoms with E-state index < -0.39 is 5.82 Å². The molecule has 2 aromatic rings. The number of rotatable bonds is 3. The average Bonchev–Trinajstić information content (AvgIpc) is 3.19. The number of benzene rings is 1. The highest BCUT2D eigenvalue weighted by atomic mass is 35.5. The van der Waals surface area contributed by atoms with Gasteiger partial charge < -0.3 is 4.74 Å². The van der Waals surface area contributed by atoms with Gasteiger partial charge in [0.05, 0.1) is 16.8 Å². The highest BCUT2D eigenvalue weighted by Gasteiger charge is 2.23. The molecule has 3 nitrogen and oxygen atoms in total. The van der Waals surface area contributed by atoms with Gasteiger partial charge in [0.2, 0.25) is 0 Å². The topological polar surface area (TPSA) is 31.2 Å². The summed E-state index contributed by atoms with van der Waals surface area (Å²) >= 11 is 7.51. The number of aromatic nitrogens is 1. The number of aryl methyl sites for hydroxylation is 1. The van der Waals surface area contributed by atoms with Crippen LogP contribution in [0.25, 0.3) is 5.69 Å². The maximum absolute atomic E-state index is 14.5. The van der Waals surface area contributed by atoms with E-state index in [2.05, 4.69) is 0 Å². The molecule has 6 heteroatoms. The third kappa shape index (κ3) is 2.88. The molecule has 1 saturated carbocycles. The van der Waals surface area contributed by atoms with Gasteiger partial charge >= 0.3 is 0 Å². The smallest absolute Gasteiger partial charge is 0.268 e. The molecule has 0 atom stereocenters. The van der Waals surface area contributed by atoms with Crippen LogP contribution in [0.1, 0.15) is 49.0 Å². The van der Waals surface area contributed by atoms with Gasteiger partial charge in [-0.2, -0.15) is 0 Å². The minimum absolute atomic E-state index is 0.0947. The Balaban J connectivity index is 1.75. The summed E-state index contributed by atoms with van der Waals surface area (Å²) in [5.74, 6) is -0.0160. The van der Waals surface area contributed by atoms with Crippen molar-refractivity contribution in [1.29, 1.82) is 0 Å². The maximum Gasteiger partial charge on any atom is 0.268 e. The fourth-order valence-corrected chi connectivity index (χ4v) is 4.97. The number of hydrogen-bond acceptors (Lipinski definition) is 3. The third-order valence-electron chi connectivity index (χ3n) is 4.88. The molecule has 0 bridgehead atoms. The molecule has 0 N–H and O–H groups in total. The number of hydrogen-bond donors (Lipinski definition) is 0. The van der Waals surface area contributed by atoms with Gasteiger partial charge in [0.25, 0.3) is 5.56 Å². The zero-order valence-corrected chi connectivity index (χ0v) is 14.9. The second-order valence-electron chi connectivity index (χ2n) is 6.56. The first-order valence-electron chi connectivity index (χ1n) is 8.53. The van der Waals surface area contributed by atoms with Crippen LogP contribution in [-0.2, 0) is 12.8 Å². The van der Waals surface area contributed by atoms with Crippen LogP contribution in [0.2, 0.25) is 5.02 Å². The summed E-state index contributed by atoms with van der Waals surface area (Å²) in [7, 11) is 0. The fourth-order valence-electron chi connectivity index (χ4n) is 3.59. The molecule has 2 aliphatic carbocycles. The number of fused-ring (bicyclic) bond motifs is 1. The Labute approximate surface area is 149 Å². The first-order chi connectivity index (χ1) is 11.6. The van der Waals surface area contributed by atoms with E-state index in [-0.39, 0.29) is 22.4 Å². The highest BCUT2D eigenvalue weighted by molar-refractivity contribution is 7.07. The molecule has 0 amide bonds. The lowest BCUT2D eigenvalue weighted by molar-refractivity contribution is 0.210. The van der Waals surface area contributed by atoms with E-state index in [0.717, 1.165) is 61.8 Å².